The van der Waals surface area contributed by atoms with E-state index >= 15 is 0 Å². The van der Waals surface area contributed by atoms with E-state index in [4.69, 9.17) is 11.6 Å². The number of halogens is 1. The van der Waals surface area contributed by atoms with Crippen molar-refractivity contribution >= 4 is 23.3 Å². The summed E-state index contributed by atoms with van der Waals surface area (Å²) in [6.07, 6.45) is 0. The Kier molecular flexibility index (Phi) is 5.93. The highest BCUT2D eigenvalue weighted by Crippen LogP contribution is 2.29. The highest BCUT2D eigenvalue weighted by molar-refractivity contribution is 6.30. The maximum atomic E-state index is 13.2. The number of nitrogens with one attached hydrogen (secondary N) is 1. The molecular formula is C26H22ClN3O2. The molecule has 1 N–H and O–H groups in total. The Hall–Kier alpha value is -3.70. The van der Waals surface area contributed by atoms with E-state index in [1.54, 1.807) is 41.9 Å². The van der Waals surface area contributed by atoms with Crippen LogP contribution in [-0.2, 0) is 0 Å². The van der Waals surface area contributed by atoms with Gasteiger partial charge in [0.1, 0.15) is 11.5 Å². The molecule has 0 aliphatic carbocycles. The molecule has 0 atom stereocenters. The van der Waals surface area contributed by atoms with Gasteiger partial charge < -0.3 is 5.32 Å². The lowest BCUT2D eigenvalue weighted by atomic mass is 10.0. The summed E-state index contributed by atoms with van der Waals surface area (Å²) in [4.78, 5) is 26.5. The third-order valence-electron chi connectivity index (χ3n) is 5.29. The lowest BCUT2D eigenvalue weighted by Crippen LogP contribution is -2.25. The van der Waals surface area contributed by atoms with Gasteiger partial charge in [-0.25, -0.2) is 4.68 Å². The topological polar surface area (TPSA) is 64.0 Å². The highest BCUT2D eigenvalue weighted by Gasteiger charge is 2.21. The van der Waals surface area contributed by atoms with Crippen molar-refractivity contribution in [1.29, 1.82) is 0 Å². The summed E-state index contributed by atoms with van der Waals surface area (Å²) in [5, 5.41) is 8.03. The Labute approximate surface area is 191 Å². The molecule has 1 amide bonds. The van der Waals surface area contributed by atoms with Gasteiger partial charge in [0.25, 0.3) is 5.91 Å². The fraction of sp³-hybridized carbons (Fsp3) is 0.115. The molecule has 32 heavy (non-hydrogen) atoms. The van der Waals surface area contributed by atoms with E-state index in [9.17, 15) is 9.59 Å². The van der Waals surface area contributed by atoms with Gasteiger partial charge in [0.05, 0.1) is 11.3 Å². The van der Waals surface area contributed by atoms with Crippen molar-refractivity contribution in [2.75, 3.05) is 5.32 Å². The Morgan fingerprint density at radius 1 is 0.906 bits per heavy atom. The molecule has 3 aromatic carbocycles. The zero-order valence-corrected chi connectivity index (χ0v) is 18.8. The zero-order chi connectivity index (χ0) is 22.8. The zero-order valence-electron chi connectivity index (χ0n) is 18.0. The molecule has 0 radical (unpaired) electrons. The van der Waals surface area contributed by atoms with E-state index in [-0.39, 0.29) is 11.3 Å². The van der Waals surface area contributed by atoms with Gasteiger partial charge in [-0.3, -0.25) is 9.59 Å². The lowest BCUT2D eigenvalue weighted by molar-refractivity contribution is 0.102. The second kappa shape index (κ2) is 8.81. The third kappa shape index (κ3) is 4.20. The molecule has 4 aromatic rings. The van der Waals surface area contributed by atoms with Gasteiger partial charge in [0, 0.05) is 10.6 Å². The van der Waals surface area contributed by atoms with Gasteiger partial charge in [-0.15, -0.1) is 0 Å². The van der Waals surface area contributed by atoms with Crippen LogP contribution in [0.15, 0.2) is 77.6 Å². The van der Waals surface area contributed by atoms with Gasteiger partial charge in [0.15, 0.2) is 0 Å². The monoisotopic (exact) mass is 443 g/mol. The summed E-state index contributed by atoms with van der Waals surface area (Å²) in [7, 11) is 0. The minimum Gasteiger partial charge on any atom is -0.306 e. The number of aryl methyl sites for hydroxylation is 3. The van der Waals surface area contributed by atoms with Crippen LogP contribution in [0.25, 0.3) is 16.8 Å². The largest absolute Gasteiger partial charge is 0.306 e. The number of amides is 1. The maximum absolute atomic E-state index is 13.2. The molecule has 0 aliphatic rings. The smallest absolute Gasteiger partial charge is 0.257 e. The number of anilines is 1. The van der Waals surface area contributed by atoms with Crippen LogP contribution in [0.2, 0.25) is 5.02 Å². The minimum absolute atomic E-state index is 0.254. The number of rotatable bonds is 4. The van der Waals surface area contributed by atoms with Crippen LogP contribution >= 0.6 is 11.6 Å². The Morgan fingerprint density at radius 3 is 2.22 bits per heavy atom. The molecule has 0 spiro atoms. The van der Waals surface area contributed by atoms with Crippen molar-refractivity contribution in [3.8, 4) is 16.8 Å². The molecule has 1 heterocycles. The maximum Gasteiger partial charge on any atom is 0.257 e. The van der Waals surface area contributed by atoms with Gasteiger partial charge in [-0.2, -0.15) is 5.10 Å². The van der Waals surface area contributed by atoms with Crippen LogP contribution in [0.4, 0.5) is 5.82 Å². The summed E-state index contributed by atoms with van der Waals surface area (Å²) in [5.74, 6) is -0.00995. The Bertz CT molecular complexity index is 1360. The van der Waals surface area contributed by atoms with Crippen molar-refractivity contribution in [2.45, 2.75) is 20.8 Å². The predicted octanol–water partition coefficient (Wildman–Crippen LogP) is 5.73. The first-order chi connectivity index (χ1) is 15.3. The van der Waals surface area contributed by atoms with Gasteiger partial charge in [-0.1, -0.05) is 59.6 Å². The lowest BCUT2D eigenvalue weighted by Gasteiger charge is -2.19. The second-order valence-corrected chi connectivity index (χ2v) is 8.10. The first-order valence-electron chi connectivity index (χ1n) is 10.2. The molecule has 160 valence electrons. The Balaban J connectivity index is 1.97. The molecule has 0 fully saturated rings. The molecule has 0 unspecified atom stereocenters. The number of nitrogens with zero attached hydrogens (tertiary/aromatic N) is 2. The number of hydrogen-bond donors (Lipinski definition) is 1. The van der Waals surface area contributed by atoms with Crippen molar-refractivity contribution in [1.82, 2.24) is 9.78 Å². The number of benzene rings is 3. The van der Waals surface area contributed by atoms with E-state index in [0.29, 0.717) is 33.2 Å². The predicted molar refractivity (Wildman–Crippen MR) is 129 cm³/mol. The van der Waals surface area contributed by atoms with Crippen molar-refractivity contribution in [3.05, 3.63) is 110 Å². The van der Waals surface area contributed by atoms with Gasteiger partial charge >= 0.3 is 0 Å². The van der Waals surface area contributed by atoms with E-state index in [0.717, 1.165) is 16.8 Å². The molecule has 5 nitrogen and oxygen atoms in total. The van der Waals surface area contributed by atoms with E-state index < -0.39 is 0 Å². The van der Waals surface area contributed by atoms with Gasteiger partial charge in [-0.05, 0) is 62.2 Å². The van der Waals surface area contributed by atoms with Gasteiger partial charge in [0.2, 0.25) is 5.43 Å². The van der Waals surface area contributed by atoms with E-state index in [1.165, 1.54) is 0 Å². The normalized spacial score (nSPS) is 10.8. The number of carbonyl (C=O) groups is 1. The minimum atomic E-state index is -0.316. The first-order valence-corrected chi connectivity index (χ1v) is 10.6. The molecule has 0 saturated carbocycles. The molecule has 4 rings (SSSR count). The third-order valence-corrected chi connectivity index (χ3v) is 5.54. The SMILES string of the molecule is Cc1ccc(-n2nc(C)c(=O)c(-c3ccc(Cl)cc3)c2NC(=O)c2ccccc2C)cc1. The highest BCUT2D eigenvalue weighted by atomic mass is 35.5. The summed E-state index contributed by atoms with van der Waals surface area (Å²) in [6, 6.07) is 22.0. The fourth-order valence-corrected chi connectivity index (χ4v) is 3.64. The fourth-order valence-electron chi connectivity index (χ4n) is 3.51. The van der Waals surface area contributed by atoms with Crippen molar-refractivity contribution in [3.63, 3.8) is 0 Å². The standard InChI is InChI=1S/C26H22ClN3O2/c1-16-8-14-21(15-9-16)30-25(28-26(32)22-7-5-4-6-17(22)2)23(24(31)18(3)29-30)19-10-12-20(27)13-11-19/h4-15H,1-3H3,(H,28,32). The summed E-state index contributed by atoms with van der Waals surface area (Å²) in [6.45, 7) is 5.53. The number of aromatic nitrogens is 2. The van der Waals surface area contributed by atoms with E-state index in [2.05, 4.69) is 10.4 Å². The van der Waals surface area contributed by atoms with E-state index in [1.807, 2.05) is 56.3 Å². The molecule has 1 aromatic heterocycles. The summed E-state index contributed by atoms with van der Waals surface area (Å²) >= 11 is 6.07. The Morgan fingerprint density at radius 2 is 1.56 bits per heavy atom. The number of hydrogen-bond acceptors (Lipinski definition) is 3. The average Bonchev–Trinajstić information content (AvgIpc) is 2.78. The van der Waals surface area contributed by atoms with Crippen LogP contribution in [0.1, 0.15) is 27.2 Å². The second-order valence-electron chi connectivity index (χ2n) is 7.66. The summed E-state index contributed by atoms with van der Waals surface area (Å²) in [5.41, 5.74) is 4.26. The summed E-state index contributed by atoms with van der Waals surface area (Å²) < 4.78 is 1.61. The van der Waals surface area contributed by atoms with Crippen LogP contribution in [0.5, 0.6) is 0 Å². The number of carbonyl (C=O) groups excluding carboxylic acids is 1. The molecular weight excluding hydrogens is 422 g/mol. The first kappa shape index (κ1) is 21.5. The molecule has 0 bridgehead atoms. The van der Waals surface area contributed by atoms with Crippen molar-refractivity contribution in [2.24, 2.45) is 0 Å². The van der Waals surface area contributed by atoms with Crippen LogP contribution in [0.3, 0.4) is 0 Å². The average molecular weight is 444 g/mol. The molecule has 0 aliphatic heterocycles. The van der Waals surface area contributed by atoms with Crippen LogP contribution in [0, 0.1) is 20.8 Å². The molecule has 6 heteroatoms. The molecule has 0 saturated heterocycles. The van der Waals surface area contributed by atoms with Crippen LogP contribution < -0.4 is 10.7 Å². The van der Waals surface area contributed by atoms with Crippen molar-refractivity contribution < 1.29 is 4.79 Å². The van der Waals surface area contributed by atoms with Crippen LogP contribution in [-0.4, -0.2) is 15.7 Å². The quantitative estimate of drug-likeness (QED) is 0.438.